The second-order valence-electron chi connectivity index (χ2n) is 12.1. The van der Waals surface area contributed by atoms with Crippen LogP contribution in [-0.4, -0.2) is 46.0 Å². The zero-order valence-electron chi connectivity index (χ0n) is 24.5. The van der Waals surface area contributed by atoms with Gasteiger partial charge in [0, 0.05) is 11.6 Å². The van der Waals surface area contributed by atoms with Crippen molar-refractivity contribution < 1.29 is 19.1 Å². The van der Waals surface area contributed by atoms with E-state index in [1.165, 1.54) is 0 Å². The fourth-order valence-corrected chi connectivity index (χ4v) is 4.24. The lowest BCUT2D eigenvalue weighted by molar-refractivity contribution is -0.149. The van der Waals surface area contributed by atoms with Crippen molar-refractivity contribution in [2.75, 3.05) is 0 Å². The van der Waals surface area contributed by atoms with Crippen LogP contribution in [0.5, 0.6) is 0 Å². The molecule has 0 radical (unpaired) electrons. The molecule has 0 heterocycles. The number of nitrogens with zero attached hydrogens (tertiary/aromatic N) is 1. The number of benzene rings is 1. The molecule has 204 valence electrons. The lowest BCUT2D eigenvalue weighted by Crippen LogP contribution is -2.60. The Labute approximate surface area is 218 Å². The third-order valence-corrected chi connectivity index (χ3v) is 6.12. The summed E-state index contributed by atoms with van der Waals surface area (Å²) in [6.07, 6.45) is 1.11. The van der Waals surface area contributed by atoms with Crippen LogP contribution in [0.15, 0.2) is 18.2 Å². The molecule has 3 unspecified atom stereocenters. The van der Waals surface area contributed by atoms with Crippen LogP contribution >= 0.6 is 0 Å². The van der Waals surface area contributed by atoms with Gasteiger partial charge >= 0.3 is 6.09 Å². The Hall–Kier alpha value is -2.57. The van der Waals surface area contributed by atoms with Gasteiger partial charge in [-0.25, -0.2) is 4.79 Å². The van der Waals surface area contributed by atoms with Gasteiger partial charge in [0.2, 0.25) is 11.8 Å². The van der Waals surface area contributed by atoms with E-state index in [9.17, 15) is 14.4 Å². The topological polar surface area (TPSA) is 87.7 Å². The summed E-state index contributed by atoms with van der Waals surface area (Å²) in [5.74, 6) is -0.781. The molecule has 1 aromatic rings. The lowest BCUT2D eigenvalue weighted by atomic mass is 9.90. The number of alkyl carbamates (subject to hydrolysis) is 1. The van der Waals surface area contributed by atoms with Crippen LogP contribution in [0.4, 0.5) is 4.79 Å². The predicted octanol–water partition coefficient (Wildman–Crippen LogP) is 5.83. The van der Waals surface area contributed by atoms with Crippen LogP contribution in [-0.2, 0) is 14.3 Å². The van der Waals surface area contributed by atoms with E-state index in [4.69, 9.17) is 4.74 Å². The van der Waals surface area contributed by atoms with Crippen molar-refractivity contribution in [2.24, 2.45) is 5.92 Å². The van der Waals surface area contributed by atoms with E-state index in [1.807, 2.05) is 73.6 Å². The summed E-state index contributed by atoms with van der Waals surface area (Å²) in [6.45, 7) is 22.8. The van der Waals surface area contributed by atoms with Crippen LogP contribution in [0.3, 0.4) is 0 Å². The third kappa shape index (κ3) is 8.82. The summed E-state index contributed by atoms with van der Waals surface area (Å²) >= 11 is 0. The highest BCUT2D eigenvalue weighted by Gasteiger charge is 2.43. The maximum Gasteiger partial charge on any atom is 0.408 e. The largest absolute Gasteiger partial charge is 0.444 e. The van der Waals surface area contributed by atoms with Crippen LogP contribution < -0.4 is 10.6 Å². The SMILES string of the molecule is CCCC(C)NC(=O)C(c1cccc(C)c1C)N(C(=O)C(NC(=O)OC(C)(C)C)C(C)C)C(C)(C)C. The van der Waals surface area contributed by atoms with E-state index in [2.05, 4.69) is 17.6 Å². The standard InChI is InChI=1S/C29H49N3O4/c1-13-15-20(5)30-25(33)24(22-17-14-16-19(4)21(22)6)32(28(7,8)9)26(34)23(18(2)3)31-27(35)36-29(10,11)12/h14,16-18,20,23-24H,13,15H2,1-12H3,(H,30,33)(H,31,35). The van der Waals surface area contributed by atoms with E-state index in [1.54, 1.807) is 25.7 Å². The minimum atomic E-state index is -0.868. The van der Waals surface area contributed by atoms with E-state index in [0.29, 0.717) is 0 Å². The zero-order chi connectivity index (χ0) is 28.0. The molecule has 36 heavy (non-hydrogen) atoms. The van der Waals surface area contributed by atoms with Gasteiger partial charge in [0.1, 0.15) is 17.7 Å². The minimum absolute atomic E-state index is 0.0344. The number of carbonyl (C=O) groups is 3. The Balaban J connectivity index is 3.64. The normalized spacial score (nSPS) is 14.6. The maximum absolute atomic E-state index is 14.2. The first-order chi connectivity index (χ1) is 16.4. The Morgan fingerprint density at radius 1 is 0.972 bits per heavy atom. The third-order valence-electron chi connectivity index (χ3n) is 6.12. The van der Waals surface area contributed by atoms with Crippen LogP contribution in [0.1, 0.15) is 105 Å². The van der Waals surface area contributed by atoms with Crippen molar-refractivity contribution in [3.63, 3.8) is 0 Å². The molecule has 0 aliphatic rings. The molecule has 3 atom stereocenters. The molecule has 2 N–H and O–H groups in total. The second-order valence-corrected chi connectivity index (χ2v) is 12.1. The Morgan fingerprint density at radius 3 is 2.03 bits per heavy atom. The molecule has 0 saturated carbocycles. The average Bonchev–Trinajstić information content (AvgIpc) is 2.69. The molecule has 0 aliphatic carbocycles. The van der Waals surface area contributed by atoms with Gasteiger partial charge < -0.3 is 20.3 Å². The molecule has 3 amide bonds. The summed E-state index contributed by atoms with van der Waals surface area (Å²) in [7, 11) is 0. The molecule has 0 bridgehead atoms. The number of ether oxygens (including phenoxy) is 1. The van der Waals surface area contributed by atoms with E-state index < -0.39 is 29.3 Å². The molecule has 0 fully saturated rings. The molecule has 1 rings (SSSR count). The number of rotatable bonds is 9. The number of aryl methyl sites for hydroxylation is 1. The van der Waals surface area contributed by atoms with Crippen molar-refractivity contribution in [3.05, 3.63) is 34.9 Å². The van der Waals surface area contributed by atoms with Crippen molar-refractivity contribution in [1.82, 2.24) is 15.5 Å². The molecule has 0 aliphatic heterocycles. The highest BCUT2D eigenvalue weighted by Crippen LogP contribution is 2.33. The molecular weight excluding hydrogens is 454 g/mol. The molecular formula is C29H49N3O4. The smallest absolute Gasteiger partial charge is 0.408 e. The van der Waals surface area contributed by atoms with Gasteiger partial charge in [0.15, 0.2) is 0 Å². The van der Waals surface area contributed by atoms with E-state index >= 15 is 0 Å². The van der Waals surface area contributed by atoms with E-state index in [0.717, 1.165) is 29.5 Å². The van der Waals surface area contributed by atoms with Gasteiger partial charge in [-0.2, -0.15) is 0 Å². The first-order valence-electron chi connectivity index (χ1n) is 13.1. The zero-order valence-corrected chi connectivity index (χ0v) is 24.5. The summed E-state index contributed by atoms with van der Waals surface area (Å²) in [6, 6.07) is 4.06. The molecule has 1 aromatic carbocycles. The first kappa shape index (κ1) is 31.5. The average molecular weight is 504 g/mol. The van der Waals surface area contributed by atoms with Gasteiger partial charge in [-0.05, 0) is 91.3 Å². The number of nitrogens with one attached hydrogen (secondary N) is 2. The number of amides is 3. The van der Waals surface area contributed by atoms with Crippen molar-refractivity contribution in [2.45, 2.75) is 125 Å². The summed E-state index contributed by atoms with van der Waals surface area (Å²) in [4.78, 5) is 42.4. The van der Waals surface area contributed by atoms with Gasteiger partial charge in [-0.15, -0.1) is 0 Å². The summed E-state index contributed by atoms with van der Waals surface area (Å²) in [5.41, 5.74) is 1.37. The molecule has 0 aromatic heterocycles. The number of hydrogen-bond donors (Lipinski definition) is 2. The lowest BCUT2D eigenvalue weighted by Gasteiger charge is -2.44. The number of carbonyl (C=O) groups excluding carboxylic acids is 3. The fourth-order valence-electron chi connectivity index (χ4n) is 4.24. The fraction of sp³-hybridized carbons (Fsp3) is 0.690. The highest BCUT2D eigenvalue weighted by atomic mass is 16.6. The Bertz CT molecular complexity index is 912. The van der Waals surface area contributed by atoms with E-state index in [-0.39, 0.29) is 23.8 Å². The van der Waals surface area contributed by atoms with Gasteiger partial charge in [0.05, 0.1) is 0 Å². The quantitative estimate of drug-likeness (QED) is 0.444. The molecule has 7 heteroatoms. The number of hydrogen-bond acceptors (Lipinski definition) is 4. The second kappa shape index (κ2) is 12.6. The van der Waals surface area contributed by atoms with Crippen LogP contribution in [0.2, 0.25) is 0 Å². The monoisotopic (exact) mass is 503 g/mol. The van der Waals surface area contributed by atoms with Crippen LogP contribution in [0, 0.1) is 19.8 Å². The Kier molecular flexibility index (Phi) is 11.0. The molecule has 7 nitrogen and oxygen atoms in total. The minimum Gasteiger partial charge on any atom is -0.444 e. The van der Waals surface area contributed by atoms with Crippen molar-refractivity contribution in [1.29, 1.82) is 0 Å². The molecule has 0 saturated heterocycles. The van der Waals surface area contributed by atoms with Crippen molar-refractivity contribution in [3.8, 4) is 0 Å². The van der Waals surface area contributed by atoms with Gasteiger partial charge in [-0.1, -0.05) is 45.4 Å². The predicted molar refractivity (Wildman–Crippen MR) is 146 cm³/mol. The van der Waals surface area contributed by atoms with Gasteiger partial charge in [0.25, 0.3) is 0 Å². The van der Waals surface area contributed by atoms with Gasteiger partial charge in [-0.3, -0.25) is 9.59 Å². The first-order valence-corrected chi connectivity index (χ1v) is 13.1. The van der Waals surface area contributed by atoms with Crippen molar-refractivity contribution >= 4 is 17.9 Å². The Morgan fingerprint density at radius 2 is 1.56 bits per heavy atom. The molecule has 0 spiro atoms. The highest BCUT2D eigenvalue weighted by molar-refractivity contribution is 5.93. The summed E-state index contributed by atoms with van der Waals surface area (Å²) < 4.78 is 5.44. The van der Waals surface area contributed by atoms with Crippen LogP contribution in [0.25, 0.3) is 0 Å². The maximum atomic E-state index is 14.2. The summed E-state index contributed by atoms with van der Waals surface area (Å²) in [5, 5.41) is 5.90.